The summed E-state index contributed by atoms with van der Waals surface area (Å²) in [6.45, 7) is 0.585. The van der Waals surface area contributed by atoms with Gasteiger partial charge in [0.05, 0.1) is 11.5 Å². The highest BCUT2D eigenvalue weighted by Crippen LogP contribution is 2.27. The molecule has 10 nitrogen and oxygen atoms in total. The second-order valence-electron chi connectivity index (χ2n) is 6.86. The van der Waals surface area contributed by atoms with Crippen LogP contribution in [0.5, 0.6) is 5.88 Å². The van der Waals surface area contributed by atoms with Crippen molar-refractivity contribution >= 4 is 32.8 Å². The number of ether oxygens (including phenoxy) is 1. The Morgan fingerprint density at radius 2 is 1.86 bits per heavy atom. The molecule has 0 aliphatic heterocycles. The first-order valence-electron chi connectivity index (χ1n) is 9.10. The molecule has 0 unspecified atom stereocenters. The topological polar surface area (TPSA) is 149 Å². The third-order valence-electron chi connectivity index (χ3n) is 4.77. The molecule has 1 aliphatic rings. The minimum atomic E-state index is -3.74. The maximum atomic E-state index is 11.4. The van der Waals surface area contributed by atoms with Gasteiger partial charge in [-0.2, -0.15) is 15.2 Å². The van der Waals surface area contributed by atoms with Gasteiger partial charge in [-0.3, -0.25) is 0 Å². The van der Waals surface area contributed by atoms with Gasteiger partial charge in [0.2, 0.25) is 27.5 Å². The monoisotopic (exact) mass is 403 g/mol. The van der Waals surface area contributed by atoms with Gasteiger partial charge >= 0.3 is 0 Å². The second kappa shape index (κ2) is 7.68. The summed E-state index contributed by atoms with van der Waals surface area (Å²) >= 11 is 0. The van der Waals surface area contributed by atoms with Crippen molar-refractivity contribution in [1.29, 1.82) is 0 Å². The van der Waals surface area contributed by atoms with Crippen molar-refractivity contribution in [3.8, 4) is 5.88 Å². The van der Waals surface area contributed by atoms with Gasteiger partial charge in [-0.25, -0.2) is 13.6 Å². The number of aromatic nitrogens is 5. The molecular weight excluding hydrogens is 382 g/mol. The van der Waals surface area contributed by atoms with Crippen LogP contribution in [0.2, 0.25) is 0 Å². The molecule has 0 saturated heterocycles. The standard InChI is InChI=1S/C17H21N7O3S/c18-28(25,26)13-8-6-12(7-9-13)19-17-20-15-14(22-24-23-15)16(21-17)27-10-11-4-2-1-3-5-11/h6-9,11H,1-5,10H2,(H2,18,25,26)(H2,19,20,21,22,23,24). The van der Waals surface area contributed by atoms with Crippen LogP contribution in [-0.2, 0) is 10.0 Å². The lowest BCUT2D eigenvalue weighted by Crippen LogP contribution is -2.16. The molecule has 0 atom stereocenters. The van der Waals surface area contributed by atoms with Crippen LogP contribution >= 0.6 is 0 Å². The third-order valence-corrected chi connectivity index (χ3v) is 5.70. The molecular formula is C17H21N7O3S. The minimum Gasteiger partial charge on any atom is -0.476 e. The zero-order chi connectivity index (χ0) is 19.6. The van der Waals surface area contributed by atoms with E-state index >= 15 is 0 Å². The summed E-state index contributed by atoms with van der Waals surface area (Å²) in [5.74, 6) is 1.17. The molecule has 1 fully saturated rings. The number of rotatable bonds is 6. The molecule has 28 heavy (non-hydrogen) atoms. The first-order valence-corrected chi connectivity index (χ1v) is 10.6. The number of primary sulfonamides is 1. The van der Waals surface area contributed by atoms with Gasteiger partial charge < -0.3 is 10.1 Å². The Morgan fingerprint density at radius 1 is 1.11 bits per heavy atom. The number of hydrogen-bond donors (Lipinski definition) is 3. The van der Waals surface area contributed by atoms with Crippen molar-refractivity contribution in [2.24, 2.45) is 11.1 Å². The first kappa shape index (κ1) is 18.6. The number of nitrogens with two attached hydrogens (primary N) is 1. The van der Waals surface area contributed by atoms with Crippen LogP contribution in [0.3, 0.4) is 0 Å². The lowest BCUT2D eigenvalue weighted by Gasteiger charge is -2.21. The number of H-pyrrole nitrogens is 1. The minimum absolute atomic E-state index is 0.0300. The van der Waals surface area contributed by atoms with E-state index < -0.39 is 10.0 Å². The van der Waals surface area contributed by atoms with Gasteiger partial charge in [0.25, 0.3) is 0 Å². The van der Waals surface area contributed by atoms with Gasteiger partial charge in [0, 0.05) is 5.69 Å². The summed E-state index contributed by atoms with van der Waals surface area (Å²) in [6, 6.07) is 5.98. The summed E-state index contributed by atoms with van der Waals surface area (Å²) in [6.07, 6.45) is 6.08. The fourth-order valence-electron chi connectivity index (χ4n) is 3.29. The SMILES string of the molecule is NS(=O)(=O)c1ccc(Nc2nc(OCC3CCCCC3)c3n[nH]nc3n2)cc1. The van der Waals surface area contributed by atoms with Crippen molar-refractivity contribution in [2.45, 2.75) is 37.0 Å². The number of benzene rings is 1. The normalized spacial score (nSPS) is 15.6. The Bertz CT molecular complexity index is 1060. The van der Waals surface area contributed by atoms with Crippen LogP contribution in [0, 0.1) is 5.92 Å². The Labute approximate surface area is 162 Å². The lowest BCUT2D eigenvalue weighted by atomic mass is 9.90. The summed E-state index contributed by atoms with van der Waals surface area (Å²) in [5, 5.41) is 18.8. The maximum absolute atomic E-state index is 11.4. The third kappa shape index (κ3) is 4.20. The summed E-state index contributed by atoms with van der Waals surface area (Å²) in [4.78, 5) is 8.75. The van der Waals surface area contributed by atoms with E-state index in [-0.39, 0.29) is 10.8 Å². The predicted octanol–water partition coefficient (Wildman–Crippen LogP) is 2.10. The molecule has 1 aromatic carbocycles. The van der Waals surface area contributed by atoms with Gasteiger partial charge in [-0.15, -0.1) is 10.2 Å². The van der Waals surface area contributed by atoms with Crippen LogP contribution in [-0.4, -0.2) is 40.4 Å². The lowest BCUT2D eigenvalue weighted by molar-refractivity contribution is 0.204. The van der Waals surface area contributed by atoms with Crippen LogP contribution in [0.15, 0.2) is 29.2 Å². The number of hydrogen-bond acceptors (Lipinski definition) is 8. The van der Waals surface area contributed by atoms with E-state index in [1.54, 1.807) is 12.1 Å². The maximum Gasteiger partial charge on any atom is 0.249 e. The van der Waals surface area contributed by atoms with E-state index in [4.69, 9.17) is 9.88 Å². The van der Waals surface area contributed by atoms with E-state index in [1.807, 2.05) is 0 Å². The number of sulfonamides is 1. The summed E-state index contributed by atoms with van der Waals surface area (Å²) < 4.78 is 28.7. The molecule has 1 aliphatic carbocycles. The summed E-state index contributed by atoms with van der Waals surface area (Å²) in [7, 11) is -3.74. The van der Waals surface area contributed by atoms with Gasteiger partial charge in [-0.05, 0) is 43.0 Å². The Balaban J connectivity index is 1.54. The zero-order valence-corrected chi connectivity index (χ0v) is 15.9. The fraction of sp³-hybridized carbons (Fsp3) is 0.412. The molecule has 2 heterocycles. The van der Waals surface area contributed by atoms with E-state index in [1.165, 1.54) is 31.4 Å². The molecule has 4 rings (SSSR count). The Morgan fingerprint density at radius 3 is 2.57 bits per heavy atom. The van der Waals surface area contributed by atoms with Crippen molar-refractivity contribution in [3.05, 3.63) is 24.3 Å². The van der Waals surface area contributed by atoms with Crippen LogP contribution in [0.4, 0.5) is 11.6 Å². The average molecular weight is 403 g/mol. The molecule has 0 bridgehead atoms. The molecule has 4 N–H and O–H groups in total. The molecule has 0 amide bonds. The number of nitrogens with zero attached hydrogens (tertiary/aromatic N) is 4. The Hall–Kier alpha value is -2.79. The average Bonchev–Trinajstić information content (AvgIpc) is 3.15. The van der Waals surface area contributed by atoms with Gasteiger partial charge in [0.1, 0.15) is 0 Å². The molecule has 2 aromatic heterocycles. The van der Waals surface area contributed by atoms with E-state index in [0.717, 1.165) is 12.8 Å². The van der Waals surface area contributed by atoms with E-state index in [2.05, 4.69) is 30.7 Å². The van der Waals surface area contributed by atoms with Crippen LogP contribution in [0.1, 0.15) is 32.1 Å². The smallest absolute Gasteiger partial charge is 0.249 e. The highest BCUT2D eigenvalue weighted by Gasteiger charge is 2.18. The molecule has 0 spiro atoms. The van der Waals surface area contributed by atoms with Crippen LogP contribution in [0.25, 0.3) is 11.2 Å². The van der Waals surface area contributed by atoms with Gasteiger partial charge in [0.15, 0.2) is 5.52 Å². The zero-order valence-electron chi connectivity index (χ0n) is 15.1. The number of anilines is 2. The molecule has 11 heteroatoms. The highest BCUT2D eigenvalue weighted by molar-refractivity contribution is 7.89. The Kier molecular flexibility index (Phi) is 5.09. The summed E-state index contributed by atoms with van der Waals surface area (Å²) in [5.41, 5.74) is 1.47. The largest absolute Gasteiger partial charge is 0.476 e. The molecule has 0 radical (unpaired) electrons. The van der Waals surface area contributed by atoms with Crippen molar-refractivity contribution in [1.82, 2.24) is 25.4 Å². The van der Waals surface area contributed by atoms with Crippen molar-refractivity contribution < 1.29 is 13.2 Å². The van der Waals surface area contributed by atoms with Crippen molar-refractivity contribution in [3.63, 3.8) is 0 Å². The van der Waals surface area contributed by atoms with Crippen LogP contribution < -0.4 is 15.2 Å². The second-order valence-corrected chi connectivity index (χ2v) is 8.42. The van der Waals surface area contributed by atoms with E-state index in [0.29, 0.717) is 35.3 Å². The fourth-order valence-corrected chi connectivity index (χ4v) is 3.80. The highest BCUT2D eigenvalue weighted by atomic mass is 32.2. The quantitative estimate of drug-likeness (QED) is 0.566. The van der Waals surface area contributed by atoms with Gasteiger partial charge in [-0.1, -0.05) is 19.3 Å². The van der Waals surface area contributed by atoms with E-state index in [9.17, 15) is 8.42 Å². The number of fused-ring (bicyclic) bond motifs is 1. The first-order chi connectivity index (χ1) is 13.5. The molecule has 1 saturated carbocycles. The molecule has 148 valence electrons. The number of nitrogens with one attached hydrogen (secondary N) is 2. The van der Waals surface area contributed by atoms with Crippen molar-refractivity contribution in [2.75, 3.05) is 11.9 Å². The predicted molar refractivity (Wildman–Crippen MR) is 103 cm³/mol. The number of aromatic amines is 1. The molecule has 3 aromatic rings.